The van der Waals surface area contributed by atoms with Crippen LogP contribution < -0.4 is 4.74 Å². The highest BCUT2D eigenvalue weighted by atomic mass is 79.9. The van der Waals surface area contributed by atoms with Crippen molar-refractivity contribution in [1.82, 2.24) is 4.98 Å². The van der Waals surface area contributed by atoms with Crippen LogP contribution in [0.15, 0.2) is 22.6 Å². The van der Waals surface area contributed by atoms with E-state index in [-0.39, 0.29) is 0 Å². The van der Waals surface area contributed by atoms with Gasteiger partial charge in [-0.25, -0.2) is 0 Å². The Morgan fingerprint density at radius 1 is 1.47 bits per heavy atom. The third kappa shape index (κ3) is 2.09. The number of hydrogen-bond donors (Lipinski definition) is 0. The molecule has 0 bridgehead atoms. The van der Waals surface area contributed by atoms with E-state index in [1.54, 1.807) is 12.1 Å². The highest BCUT2D eigenvalue weighted by Gasteiger charge is 2.13. The first-order valence-electron chi connectivity index (χ1n) is 4.10. The minimum atomic E-state index is -2.93. The number of halogens is 3. The number of hydrogen-bond acceptors (Lipinski definition) is 3. The number of benzene rings is 1. The molecular weight excluding hydrogens is 272 g/mol. The smallest absolute Gasteiger partial charge is 0.399 e. The van der Waals surface area contributed by atoms with Gasteiger partial charge in [-0.1, -0.05) is 28.1 Å². The Morgan fingerprint density at radius 3 is 2.93 bits per heavy atom. The van der Waals surface area contributed by atoms with Crippen molar-refractivity contribution in [2.75, 3.05) is 0 Å². The zero-order valence-corrected chi connectivity index (χ0v) is 9.00. The summed E-state index contributed by atoms with van der Waals surface area (Å²) in [5.74, 6) is 0. The molecule has 1 heterocycles. The molecule has 0 radical (unpaired) electrons. The molecule has 0 aliphatic carbocycles. The highest BCUT2D eigenvalue weighted by Crippen LogP contribution is 2.25. The quantitative estimate of drug-likeness (QED) is 0.808. The Morgan fingerprint density at radius 2 is 2.27 bits per heavy atom. The van der Waals surface area contributed by atoms with Gasteiger partial charge in [-0.3, -0.25) is 0 Å². The number of alkyl halides is 3. The summed E-state index contributed by atoms with van der Waals surface area (Å²) in [6.45, 7) is -2.93. The van der Waals surface area contributed by atoms with Crippen molar-refractivity contribution in [2.45, 2.75) is 11.9 Å². The molecule has 15 heavy (non-hydrogen) atoms. The summed E-state index contributed by atoms with van der Waals surface area (Å²) in [5.41, 5.74) is 1.83. The summed E-state index contributed by atoms with van der Waals surface area (Å²) in [6, 6.07) is 5.23. The summed E-state index contributed by atoms with van der Waals surface area (Å²) >= 11 is 3.27. The van der Waals surface area contributed by atoms with Gasteiger partial charge in [0, 0.05) is 5.33 Å². The monoisotopic (exact) mass is 277 g/mol. The molecule has 0 amide bonds. The lowest BCUT2D eigenvalue weighted by Crippen LogP contribution is -2.01. The van der Waals surface area contributed by atoms with Gasteiger partial charge >= 0.3 is 12.7 Å². The van der Waals surface area contributed by atoms with E-state index in [2.05, 4.69) is 25.7 Å². The molecule has 0 spiro atoms. The Hall–Kier alpha value is -1.17. The number of para-hydroxylation sites is 1. The van der Waals surface area contributed by atoms with Crippen LogP contribution in [-0.2, 0) is 5.33 Å². The summed E-state index contributed by atoms with van der Waals surface area (Å²) < 4.78 is 32.9. The largest absolute Gasteiger partial charge is 0.409 e. The summed E-state index contributed by atoms with van der Waals surface area (Å²) in [5, 5.41) is 0.574. The molecule has 0 saturated carbocycles. The fourth-order valence-electron chi connectivity index (χ4n) is 1.22. The second-order valence-corrected chi connectivity index (χ2v) is 3.32. The first-order valence-corrected chi connectivity index (χ1v) is 5.22. The van der Waals surface area contributed by atoms with Crippen molar-refractivity contribution in [3.8, 4) is 6.08 Å². The Kier molecular flexibility index (Phi) is 2.86. The Balaban J connectivity index is 2.45. The van der Waals surface area contributed by atoms with Crippen LogP contribution in [0.4, 0.5) is 8.78 Å². The molecule has 0 atom stereocenters. The average molecular weight is 278 g/mol. The van der Waals surface area contributed by atoms with Crippen LogP contribution >= 0.6 is 15.9 Å². The van der Waals surface area contributed by atoms with Crippen LogP contribution in [0.2, 0.25) is 0 Å². The van der Waals surface area contributed by atoms with Gasteiger partial charge in [-0.2, -0.15) is 13.8 Å². The SMILES string of the molecule is FC(F)Oc1nc2c(CBr)cccc2o1. The number of oxazole rings is 1. The van der Waals surface area contributed by atoms with E-state index in [9.17, 15) is 8.78 Å². The molecule has 0 saturated heterocycles. The molecule has 80 valence electrons. The fraction of sp³-hybridized carbons (Fsp3) is 0.222. The standard InChI is InChI=1S/C9H6BrF2NO2/c10-4-5-2-1-3-6-7(5)13-9(14-6)15-8(11)12/h1-3,8H,4H2. The maximum Gasteiger partial charge on any atom is 0.399 e. The molecule has 2 aromatic rings. The fourth-order valence-corrected chi connectivity index (χ4v) is 1.67. The van der Waals surface area contributed by atoms with Gasteiger partial charge in [0.2, 0.25) is 0 Å². The predicted molar refractivity (Wildman–Crippen MR) is 53.3 cm³/mol. The normalized spacial score (nSPS) is 11.2. The molecule has 6 heteroatoms. The van der Waals surface area contributed by atoms with Crippen molar-refractivity contribution in [3.63, 3.8) is 0 Å². The van der Waals surface area contributed by atoms with E-state index in [4.69, 9.17) is 4.42 Å². The summed E-state index contributed by atoms with van der Waals surface area (Å²) in [4.78, 5) is 3.82. The van der Waals surface area contributed by atoms with E-state index >= 15 is 0 Å². The van der Waals surface area contributed by atoms with E-state index in [1.807, 2.05) is 6.07 Å². The van der Waals surface area contributed by atoms with Gasteiger partial charge in [-0.15, -0.1) is 0 Å². The molecule has 0 aliphatic rings. The summed E-state index contributed by atoms with van der Waals surface area (Å²) in [7, 11) is 0. The molecule has 0 fully saturated rings. The van der Waals surface area contributed by atoms with Gasteiger partial charge < -0.3 is 9.15 Å². The van der Waals surface area contributed by atoms with Crippen molar-refractivity contribution in [2.24, 2.45) is 0 Å². The third-order valence-corrected chi connectivity index (χ3v) is 2.42. The summed E-state index contributed by atoms with van der Waals surface area (Å²) in [6.07, 6.45) is -0.409. The van der Waals surface area contributed by atoms with Crippen LogP contribution in [0.3, 0.4) is 0 Å². The van der Waals surface area contributed by atoms with Crippen molar-refractivity contribution >= 4 is 27.0 Å². The molecular formula is C9H6BrF2NO2. The maximum atomic E-state index is 11.9. The Bertz CT molecular complexity index is 472. The lowest BCUT2D eigenvalue weighted by molar-refractivity contribution is -0.0664. The minimum absolute atomic E-state index is 0.409. The van der Waals surface area contributed by atoms with E-state index < -0.39 is 12.7 Å². The Labute approximate surface area is 92.2 Å². The first-order chi connectivity index (χ1) is 7.20. The van der Waals surface area contributed by atoms with E-state index in [0.717, 1.165) is 5.56 Å². The van der Waals surface area contributed by atoms with Crippen molar-refractivity contribution in [1.29, 1.82) is 0 Å². The molecule has 3 nitrogen and oxygen atoms in total. The van der Waals surface area contributed by atoms with Crippen LogP contribution in [0.5, 0.6) is 6.08 Å². The highest BCUT2D eigenvalue weighted by molar-refractivity contribution is 9.08. The number of ether oxygens (including phenoxy) is 1. The molecule has 1 aromatic heterocycles. The van der Waals surface area contributed by atoms with Gasteiger partial charge in [0.25, 0.3) is 0 Å². The predicted octanol–water partition coefficient (Wildman–Crippen LogP) is 3.32. The maximum absolute atomic E-state index is 11.9. The lowest BCUT2D eigenvalue weighted by atomic mass is 10.2. The first kappa shape index (κ1) is 10.4. The minimum Gasteiger partial charge on any atom is -0.409 e. The van der Waals surface area contributed by atoms with E-state index in [0.29, 0.717) is 16.4 Å². The van der Waals surface area contributed by atoms with Crippen molar-refractivity contribution < 1.29 is 17.9 Å². The number of rotatable bonds is 3. The molecule has 2 rings (SSSR count). The van der Waals surface area contributed by atoms with E-state index in [1.165, 1.54) is 0 Å². The van der Waals surface area contributed by atoms with Gasteiger partial charge in [0.1, 0.15) is 5.52 Å². The van der Waals surface area contributed by atoms with Crippen molar-refractivity contribution in [3.05, 3.63) is 23.8 Å². The average Bonchev–Trinajstić information content (AvgIpc) is 2.58. The molecule has 1 aromatic carbocycles. The number of aromatic nitrogens is 1. The van der Waals surface area contributed by atoms with Gasteiger partial charge in [0.15, 0.2) is 5.58 Å². The van der Waals surface area contributed by atoms with Crippen LogP contribution in [0, 0.1) is 0 Å². The molecule has 0 N–H and O–H groups in total. The lowest BCUT2D eigenvalue weighted by Gasteiger charge is -1.94. The van der Waals surface area contributed by atoms with Crippen LogP contribution in [0.1, 0.15) is 5.56 Å². The number of fused-ring (bicyclic) bond motifs is 1. The molecule has 0 unspecified atom stereocenters. The second-order valence-electron chi connectivity index (χ2n) is 2.76. The van der Waals surface area contributed by atoms with Gasteiger partial charge in [-0.05, 0) is 11.6 Å². The second kappa shape index (κ2) is 4.14. The number of nitrogens with zero attached hydrogens (tertiary/aromatic N) is 1. The van der Waals surface area contributed by atoms with Crippen LogP contribution in [0.25, 0.3) is 11.1 Å². The molecule has 0 aliphatic heterocycles. The van der Waals surface area contributed by atoms with Crippen LogP contribution in [-0.4, -0.2) is 11.6 Å². The topological polar surface area (TPSA) is 35.3 Å². The zero-order chi connectivity index (χ0) is 10.8. The third-order valence-electron chi connectivity index (χ3n) is 1.82. The zero-order valence-electron chi connectivity index (χ0n) is 7.41. The van der Waals surface area contributed by atoms with Gasteiger partial charge in [0.05, 0.1) is 0 Å².